The quantitative estimate of drug-likeness (QED) is 0.573. The molecule has 0 saturated carbocycles. The van der Waals surface area contributed by atoms with Crippen LogP contribution < -0.4 is 5.32 Å². The molecule has 0 aromatic heterocycles. The number of likely N-dealkylation sites (tertiary alicyclic amines) is 1. The number of carboxylic acids is 2. The minimum absolute atomic E-state index is 0.0217. The summed E-state index contributed by atoms with van der Waals surface area (Å²) in [6.45, 7) is 0.425. The molecule has 1 heterocycles. The molecule has 9 nitrogen and oxygen atoms in total. The molecule has 32 heavy (non-hydrogen) atoms. The van der Waals surface area contributed by atoms with Gasteiger partial charge in [-0.1, -0.05) is 42.5 Å². The number of carbonyl (C=O) groups is 4. The second kappa shape index (κ2) is 10.4. The summed E-state index contributed by atoms with van der Waals surface area (Å²) < 4.78 is 5.31. The Labute approximate surface area is 184 Å². The third kappa shape index (κ3) is 5.84. The molecule has 1 aliphatic heterocycles. The number of carbonyl (C=O) groups excluding carboxylic acids is 2. The SMILES string of the molecule is O=C(O)c1ccc(C[C@H](NC(=O)[C@H]2CCCN2C(=O)OCc2ccccc2)C(=O)O)cc1. The highest BCUT2D eigenvalue weighted by molar-refractivity contribution is 5.90. The van der Waals surface area contributed by atoms with Crippen molar-refractivity contribution in [2.24, 2.45) is 0 Å². The lowest BCUT2D eigenvalue weighted by molar-refractivity contribution is -0.142. The van der Waals surface area contributed by atoms with Gasteiger partial charge in [-0.15, -0.1) is 0 Å². The van der Waals surface area contributed by atoms with E-state index in [1.807, 2.05) is 30.3 Å². The number of ether oxygens (including phenoxy) is 1. The zero-order valence-corrected chi connectivity index (χ0v) is 17.3. The molecule has 9 heteroatoms. The minimum Gasteiger partial charge on any atom is -0.480 e. The van der Waals surface area contributed by atoms with Crippen molar-refractivity contribution in [1.29, 1.82) is 0 Å². The Bertz CT molecular complexity index is 976. The average Bonchev–Trinajstić information content (AvgIpc) is 3.28. The molecule has 1 saturated heterocycles. The first kappa shape index (κ1) is 22.8. The smallest absolute Gasteiger partial charge is 0.410 e. The highest BCUT2D eigenvalue weighted by Gasteiger charge is 2.36. The van der Waals surface area contributed by atoms with E-state index in [1.165, 1.54) is 29.2 Å². The Hall–Kier alpha value is -3.88. The van der Waals surface area contributed by atoms with E-state index in [0.717, 1.165) is 5.56 Å². The predicted molar refractivity (Wildman–Crippen MR) is 113 cm³/mol. The molecule has 0 bridgehead atoms. The summed E-state index contributed by atoms with van der Waals surface area (Å²) in [5.41, 5.74) is 1.47. The number of rotatable bonds is 8. The van der Waals surface area contributed by atoms with E-state index in [0.29, 0.717) is 24.9 Å². The van der Waals surface area contributed by atoms with E-state index in [9.17, 15) is 24.3 Å². The molecule has 2 amide bonds. The predicted octanol–water partition coefficient (Wildman–Crippen LogP) is 2.30. The average molecular weight is 440 g/mol. The summed E-state index contributed by atoms with van der Waals surface area (Å²) in [5, 5.41) is 21.0. The van der Waals surface area contributed by atoms with Crippen molar-refractivity contribution in [3.63, 3.8) is 0 Å². The standard InChI is InChI=1S/C23H24N2O7/c26-20(24-18(22(29)30)13-15-8-10-17(11-9-15)21(27)28)19-7-4-12-25(19)23(31)32-14-16-5-2-1-3-6-16/h1-3,5-6,8-11,18-19H,4,7,12-14H2,(H,24,26)(H,27,28)(H,29,30)/t18-,19+/m0/s1. The summed E-state index contributed by atoms with van der Waals surface area (Å²) >= 11 is 0. The highest BCUT2D eigenvalue weighted by Crippen LogP contribution is 2.20. The van der Waals surface area contributed by atoms with Crippen LogP contribution >= 0.6 is 0 Å². The maximum absolute atomic E-state index is 12.8. The van der Waals surface area contributed by atoms with Gasteiger partial charge in [-0.2, -0.15) is 0 Å². The summed E-state index contributed by atoms with van der Waals surface area (Å²) in [7, 11) is 0. The lowest BCUT2D eigenvalue weighted by Gasteiger charge is -2.25. The van der Waals surface area contributed by atoms with Crippen LogP contribution in [-0.2, 0) is 27.4 Å². The first-order valence-electron chi connectivity index (χ1n) is 10.2. The molecule has 0 unspecified atom stereocenters. The normalized spacial score (nSPS) is 16.2. The van der Waals surface area contributed by atoms with Crippen LogP contribution in [0.2, 0.25) is 0 Å². The van der Waals surface area contributed by atoms with Crippen molar-refractivity contribution in [2.45, 2.75) is 38.0 Å². The lowest BCUT2D eigenvalue weighted by atomic mass is 10.0. The molecule has 0 aliphatic carbocycles. The largest absolute Gasteiger partial charge is 0.480 e. The third-order valence-electron chi connectivity index (χ3n) is 5.25. The molecule has 0 radical (unpaired) electrons. The number of aromatic carboxylic acids is 1. The number of benzene rings is 2. The van der Waals surface area contributed by atoms with E-state index in [-0.39, 0.29) is 18.6 Å². The number of nitrogens with zero attached hydrogens (tertiary/aromatic N) is 1. The third-order valence-corrected chi connectivity index (χ3v) is 5.25. The maximum atomic E-state index is 12.8. The van der Waals surface area contributed by atoms with Crippen molar-refractivity contribution in [3.05, 3.63) is 71.3 Å². The topological polar surface area (TPSA) is 133 Å². The lowest BCUT2D eigenvalue weighted by Crippen LogP contribution is -2.51. The van der Waals surface area contributed by atoms with Crippen LogP contribution in [0.1, 0.15) is 34.3 Å². The van der Waals surface area contributed by atoms with Gasteiger partial charge in [0.25, 0.3) is 0 Å². The molecule has 1 fully saturated rings. The molecular weight excluding hydrogens is 416 g/mol. The van der Waals surface area contributed by atoms with Crippen LogP contribution in [0.4, 0.5) is 4.79 Å². The fourth-order valence-corrected chi connectivity index (χ4v) is 3.55. The summed E-state index contributed by atoms with van der Waals surface area (Å²) in [4.78, 5) is 49.2. The molecule has 168 valence electrons. The van der Waals surface area contributed by atoms with Gasteiger partial charge in [0, 0.05) is 13.0 Å². The number of hydrogen-bond donors (Lipinski definition) is 3. The molecule has 2 aromatic rings. The van der Waals surface area contributed by atoms with Crippen molar-refractivity contribution < 1.29 is 34.1 Å². The zero-order valence-electron chi connectivity index (χ0n) is 17.3. The summed E-state index contributed by atoms with van der Waals surface area (Å²) in [6, 6.07) is 12.9. The number of nitrogens with one attached hydrogen (secondary N) is 1. The monoisotopic (exact) mass is 440 g/mol. The van der Waals surface area contributed by atoms with Gasteiger partial charge in [0.15, 0.2) is 0 Å². The van der Waals surface area contributed by atoms with E-state index in [2.05, 4.69) is 5.32 Å². The molecule has 3 rings (SSSR count). The molecule has 2 atom stereocenters. The summed E-state index contributed by atoms with van der Waals surface area (Å²) in [6.07, 6.45) is 0.368. The van der Waals surface area contributed by atoms with E-state index >= 15 is 0 Å². The Morgan fingerprint density at radius 1 is 1.00 bits per heavy atom. The van der Waals surface area contributed by atoms with Gasteiger partial charge < -0.3 is 20.3 Å². The van der Waals surface area contributed by atoms with Gasteiger partial charge in [-0.25, -0.2) is 14.4 Å². The Kier molecular flexibility index (Phi) is 7.43. The number of aliphatic carboxylic acids is 1. The minimum atomic E-state index is -1.23. The Morgan fingerprint density at radius 2 is 1.69 bits per heavy atom. The van der Waals surface area contributed by atoms with Gasteiger partial charge in [0.1, 0.15) is 18.7 Å². The highest BCUT2D eigenvalue weighted by atomic mass is 16.6. The maximum Gasteiger partial charge on any atom is 0.410 e. The van der Waals surface area contributed by atoms with Crippen molar-refractivity contribution in [2.75, 3.05) is 6.54 Å². The fourth-order valence-electron chi connectivity index (χ4n) is 3.55. The van der Waals surface area contributed by atoms with Crippen LogP contribution in [0.3, 0.4) is 0 Å². The van der Waals surface area contributed by atoms with Gasteiger partial charge >= 0.3 is 18.0 Å². The fraction of sp³-hybridized carbons (Fsp3) is 0.304. The van der Waals surface area contributed by atoms with Crippen LogP contribution in [0.15, 0.2) is 54.6 Å². The van der Waals surface area contributed by atoms with Gasteiger partial charge in [-0.05, 0) is 36.1 Å². The van der Waals surface area contributed by atoms with Crippen LogP contribution in [0, 0.1) is 0 Å². The molecule has 1 aliphatic rings. The summed E-state index contributed by atoms with van der Waals surface area (Å²) in [5.74, 6) is -2.87. The molecule has 3 N–H and O–H groups in total. The van der Waals surface area contributed by atoms with Crippen LogP contribution in [0.5, 0.6) is 0 Å². The van der Waals surface area contributed by atoms with Gasteiger partial charge in [-0.3, -0.25) is 9.69 Å². The molecular formula is C23H24N2O7. The first-order valence-corrected chi connectivity index (χ1v) is 10.2. The Balaban J connectivity index is 1.60. The van der Waals surface area contributed by atoms with Gasteiger partial charge in [0.05, 0.1) is 5.56 Å². The number of carboxylic acid groups (broad SMARTS) is 2. The van der Waals surface area contributed by atoms with Crippen LogP contribution in [0.25, 0.3) is 0 Å². The van der Waals surface area contributed by atoms with E-state index < -0.39 is 36.0 Å². The van der Waals surface area contributed by atoms with Crippen molar-refractivity contribution in [1.82, 2.24) is 10.2 Å². The second-order valence-corrected chi connectivity index (χ2v) is 7.50. The van der Waals surface area contributed by atoms with Crippen molar-refractivity contribution >= 4 is 23.9 Å². The van der Waals surface area contributed by atoms with Crippen molar-refractivity contribution in [3.8, 4) is 0 Å². The number of amides is 2. The number of hydrogen-bond acceptors (Lipinski definition) is 5. The first-order chi connectivity index (χ1) is 15.3. The van der Waals surface area contributed by atoms with Crippen LogP contribution in [-0.4, -0.2) is 57.7 Å². The second-order valence-electron chi connectivity index (χ2n) is 7.50. The van der Waals surface area contributed by atoms with E-state index in [4.69, 9.17) is 9.84 Å². The van der Waals surface area contributed by atoms with Gasteiger partial charge in [0.2, 0.25) is 5.91 Å². The van der Waals surface area contributed by atoms with E-state index in [1.54, 1.807) is 0 Å². The molecule has 2 aromatic carbocycles. The zero-order chi connectivity index (χ0) is 23.1. The molecule has 0 spiro atoms. The Morgan fingerprint density at radius 3 is 2.31 bits per heavy atom.